The molecule has 3 aromatic rings. The first kappa shape index (κ1) is 21.6. The van der Waals surface area contributed by atoms with Gasteiger partial charge in [0.05, 0.1) is 12.1 Å². The maximum atomic E-state index is 5.56. The molecule has 1 atom stereocenters. The van der Waals surface area contributed by atoms with Gasteiger partial charge in [-0.05, 0) is 53.5 Å². The van der Waals surface area contributed by atoms with Gasteiger partial charge in [-0.3, -0.25) is 9.80 Å². The lowest BCUT2D eigenvalue weighted by molar-refractivity contribution is 0.0992. The number of fused-ring (bicyclic) bond motifs is 1. The third-order valence-electron chi connectivity index (χ3n) is 7.44. The minimum atomic E-state index is 0.0730. The molecule has 178 valence electrons. The molecule has 2 aliphatic heterocycles. The van der Waals surface area contributed by atoms with E-state index in [4.69, 9.17) is 9.47 Å². The average Bonchev–Trinajstić information content (AvgIpc) is 3.63. The Morgan fingerprint density at radius 2 is 1.71 bits per heavy atom. The maximum Gasteiger partial charge on any atom is 0.231 e. The molecule has 1 aliphatic carbocycles. The highest BCUT2D eigenvalue weighted by molar-refractivity contribution is 5.44. The molecule has 1 saturated carbocycles. The lowest BCUT2D eigenvalue weighted by Gasteiger charge is -2.39. The Labute approximate surface area is 200 Å². The summed E-state index contributed by atoms with van der Waals surface area (Å²) in [4.78, 5) is 5.07. The molecule has 0 spiro atoms. The van der Waals surface area contributed by atoms with E-state index in [0.29, 0.717) is 12.8 Å². The van der Waals surface area contributed by atoms with Crippen molar-refractivity contribution in [2.24, 2.45) is 0 Å². The first-order valence-electron chi connectivity index (χ1n) is 12.4. The molecule has 1 saturated heterocycles. The molecule has 6 rings (SSSR count). The van der Waals surface area contributed by atoms with E-state index >= 15 is 0 Å². The molecule has 1 unspecified atom stereocenters. The van der Waals surface area contributed by atoms with Gasteiger partial charge in [0.2, 0.25) is 6.79 Å². The van der Waals surface area contributed by atoms with E-state index in [-0.39, 0.29) is 6.04 Å². The Morgan fingerprint density at radius 1 is 0.941 bits per heavy atom. The van der Waals surface area contributed by atoms with Crippen molar-refractivity contribution in [1.82, 2.24) is 30.0 Å². The SMILES string of the molecule is Cc1ccc(C(c2nnnn2C2CCCC2)N2CCN(Cc3ccc4c(c3)OCO4)CC2)cc1. The Kier molecular flexibility index (Phi) is 5.93. The number of nitrogens with zero attached hydrogens (tertiary/aromatic N) is 6. The summed E-state index contributed by atoms with van der Waals surface area (Å²) in [6.45, 7) is 7.32. The van der Waals surface area contributed by atoms with Crippen LogP contribution in [0.15, 0.2) is 42.5 Å². The van der Waals surface area contributed by atoms with Gasteiger partial charge in [-0.1, -0.05) is 48.7 Å². The van der Waals surface area contributed by atoms with Crippen molar-refractivity contribution >= 4 is 0 Å². The Morgan fingerprint density at radius 3 is 2.50 bits per heavy atom. The van der Waals surface area contributed by atoms with Crippen molar-refractivity contribution in [2.45, 2.75) is 51.2 Å². The highest BCUT2D eigenvalue weighted by Crippen LogP contribution is 2.35. The predicted molar refractivity (Wildman–Crippen MR) is 128 cm³/mol. The number of aryl methyl sites for hydroxylation is 1. The summed E-state index contributed by atoms with van der Waals surface area (Å²) in [6, 6.07) is 15.6. The van der Waals surface area contributed by atoms with E-state index < -0.39 is 0 Å². The van der Waals surface area contributed by atoms with Gasteiger partial charge in [0.15, 0.2) is 17.3 Å². The summed E-state index contributed by atoms with van der Waals surface area (Å²) in [7, 11) is 0. The van der Waals surface area contributed by atoms with Crippen LogP contribution in [0, 0.1) is 6.92 Å². The third-order valence-corrected chi connectivity index (χ3v) is 7.44. The van der Waals surface area contributed by atoms with Crippen LogP contribution in [0.4, 0.5) is 0 Å². The molecule has 0 amide bonds. The standard InChI is InChI=1S/C26H32N6O2/c1-19-6-9-21(10-7-19)25(26-27-28-29-32(26)22-4-2-3-5-22)31-14-12-30(13-15-31)17-20-8-11-23-24(16-20)34-18-33-23/h6-11,16,22,25H,2-5,12-15,17-18H2,1H3. The summed E-state index contributed by atoms with van der Waals surface area (Å²) in [5, 5.41) is 13.2. The second kappa shape index (κ2) is 9.35. The van der Waals surface area contributed by atoms with E-state index in [0.717, 1.165) is 50.0 Å². The molecule has 1 aromatic heterocycles. The quantitative estimate of drug-likeness (QED) is 0.555. The van der Waals surface area contributed by atoms with Gasteiger partial charge in [0, 0.05) is 32.7 Å². The van der Waals surface area contributed by atoms with E-state index in [1.807, 2.05) is 6.07 Å². The van der Waals surface area contributed by atoms with Crippen molar-refractivity contribution in [3.63, 3.8) is 0 Å². The average molecular weight is 461 g/mol. The fraction of sp³-hybridized carbons (Fsp3) is 0.500. The third kappa shape index (κ3) is 4.28. The molecular weight excluding hydrogens is 428 g/mol. The van der Waals surface area contributed by atoms with Crippen molar-refractivity contribution in [1.29, 1.82) is 0 Å². The Balaban J connectivity index is 1.20. The molecule has 3 heterocycles. The first-order chi connectivity index (χ1) is 16.7. The van der Waals surface area contributed by atoms with Crippen LogP contribution in [0.3, 0.4) is 0 Å². The van der Waals surface area contributed by atoms with E-state index in [2.05, 4.69) is 73.3 Å². The van der Waals surface area contributed by atoms with Gasteiger partial charge in [0.1, 0.15) is 0 Å². The minimum absolute atomic E-state index is 0.0730. The number of ether oxygens (including phenoxy) is 2. The zero-order valence-electron chi connectivity index (χ0n) is 19.8. The number of piperazine rings is 1. The van der Waals surface area contributed by atoms with Crippen LogP contribution in [0.5, 0.6) is 11.5 Å². The molecule has 8 nitrogen and oxygen atoms in total. The number of rotatable bonds is 6. The number of tetrazole rings is 1. The molecule has 0 radical (unpaired) electrons. The second-order valence-corrected chi connectivity index (χ2v) is 9.73. The highest BCUT2D eigenvalue weighted by atomic mass is 16.7. The van der Waals surface area contributed by atoms with Gasteiger partial charge in [0.25, 0.3) is 0 Å². The molecule has 3 aliphatic rings. The number of hydrogen-bond donors (Lipinski definition) is 0. The van der Waals surface area contributed by atoms with Crippen LogP contribution in [-0.4, -0.2) is 63.0 Å². The van der Waals surface area contributed by atoms with Gasteiger partial charge in [-0.15, -0.1) is 5.10 Å². The smallest absolute Gasteiger partial charge is 0.231 e. The van der Waals surface area contributed by atoms with Gasteiger partial charge < -0.3 is 9.47 Å². The second-order valence-electron chi connectivity index (χ2n) is 9.73. The summed E-state index contributed by atoms with van der Waals surface area (Å²) >= 11 is 0. The number of aromatic nitrogens is 4. The van der Waals surface area contributed by atoms with Gasteiger partial charge in [-0.25, -0.2) is 4.68 Å². The lowest BCUT2D eigenvalue weighted by atomic mass is 10.0. The number of hydrogen-bond acceptors (Lipinski definition) is 7. The molecule has 0 bridgehead atoms. The summed E-state index contributed by atoms with van der Waals surface area (Å²) in [6.07, 6.45) is 4.86. The maximum absolute atomic E-state index is 5.56. The van der Waals surface area contributed by atoms with Gasteiger partial charge >= 0.3 is 0 Å². The van der Waals surface area contributed by atoms with Crippen molar-refractivity contribution in [3.05, 3.63) is 65.0 Å². The largest absolute Gasteiger partial charge is 0.454 e. The molecule has 2 aromatic carbocycles. The first-order valence-corrected chi connectivity index (χ1v) is 12.4. The van der Waals surface area contributed by atoms with Crippen LogP contribution in [0.25, 0.3) is 0 Å². The molecule has 8 heteroatoms. The van der Waals surface area contributed by atoms with Crippen LogP contribution in [0.1, 0.15) is 60.3 Å². The van der Waals surface area contributed by atoms with E-state index in [9.17, 15) is 0 Å². The van der Waals surface area contributed by atoms with Crippen LogP contribution < -0.4 is 9.47 Å². The van der Waals surface area contributed by atoms with Crippen LogP contribution in [-0.2, 0) is 6.54 Å². The monoisotopic (exact) mass is 460 g/mol. The fourth-order valence-electron chi connectivity index (χ4n) is 5.54. The normalized spacial score (nSPS) is 20.1. The topological polar surface area (TPSA) is 68.5 Å². The van der Waals surface area contributed by atoms with E-state index in [1.54, 1.807) is 0 Å². The Bertz CT molecular complexity index is 1120. The molecular formula is C26H32N6O2. The molecule has 0 N–H and O–H groups in total. The zero-order chi connectivity index (χ0) is 22.9. The summed E-state index contributed by atoms with van der Waals surface area (Å²) < 4.78 is 13.1. The zero-order valence-corrected chi connectivity index (χ0v) is 19.8. The van der Waals surface area contributed by atoms with Crippen molar-refractivity contribution in [3.8, 4) is 11.5 Å². The molecule has 2 fully saturated rings. The lowest BCUT2D eigenvalue weighted by Crippen LogP contribution is -2.48. The predicted octanol–water partition coefficient (Wildman–Crippen LogP) is 3.73. The summed E-state index contributed by atoms with van der Waals surface area (Å²) in [5.74, 6) is 2.68. The van der Waals surface area contributed by atoms with Crippen molar-refractivity contribution in [2.75, 3.05) is 33.0 Å². The van der Waals surface area contributed by atoms with Crippen LogP contribution >= 0.6 is 0 Å². The summed E-state index contributed by atoms with van der Waals surface area (Å²) in [5.41, 5.74) is 3.80. The van der Waals surface area contributed by atoms with Crippen LogP contribution in [0.2, 0.25) is 0 Å². The van der Waals surface area contributed by atoms with Gasteiger partial charge in [-0.2, -0.15) is 0 Å². The van der Waals surface area contributed by atoms with E-state index in [1.165, 1.54) is 42.4 Å². The fourth-order valence-corrected chi connectivity index (χ4v) is 5.54. The minimum Gasteiger partial charge on any atom is -0.454 e. The molecule has 34 heavy (non-hydrogen) atoms. The number of benzene rings is 2. The van der Waals surface area contributed by atoms with Crippen molar-refractivity contribution < 1.29 is 9.47 Å². The highest BCUT2D eigenvalue weighted by Gasteiger charge is 2.33. The Hall–Kier alpha value is -2.97.